The number of carbonyl (C=O) groups excluding carboxylic acids is 1. The molecule has 1 saturated heterocycles. The van der Waals surface area contributed by atoms with Gasteiger partial charge in [0.25, 0.3) is 0 Å². The number of carbonyl (C=O) groups is 1. The van der Waals surface area contributed by atoms with Crippen LogP contribution in [0.3, 0.4) is 0 Å². The van der Waals surface area contributed by atoms with E-state index in [0.717, 1.165) is 30.0 Å². The standard InChI is InChI=1S/C23H24N4O3S2/c28-21(26(18-7-3-1-4-8-18)20-13-14-32(29,30)16-20)15-31-23-24-22(17-11-12-17)27(25-23)19-9-5-2-6-10-19/h1-10,17,20H,11-16H2/t20-/m0/s1. The summed E-state index contributed by atoms with van der Waals surface area (Å²) in [4.78, 5) is 19.6. The third-order valence-electron chi connectivity index (χ3n) is 5.76. The lowest BCUT2D eigenvalue weighted by molar-refractivity contribution is -0.116. The highest BCUT2D eigenvalue weighted by atomic mass is 32.2. The molecule has 166 valence electrons. The number of benzene rings is 2. The Morgan fingerprint density at radius 1 is 1.03 bits per heavy atom. The second-order valence-corrected chi connectivity index (χ2v) is 11.4. The van der Waals surface area contributed by atoms with Gasteiger partial charge in [0.2, 0.25) is 11.1 Å². The first-order valence-electron chi connectivity index (χ1n) is 10.7. The maximum Gasteiger partial charge on any atom is 0.237 e. The molecule has 0 radical (unpaired) electrons. The molecular weight excluding hydrogens is 444 g/mol. The molecule has 3 aromatic rings. The molecule has 0 bridgehead atoms. The highest BCUT2D eigenvalue weighted by Crippen LogP contribution is 2.40. The lowest BCUT2D eigenvalue weighted by Crippen LogP contribution is -2.42. The summed E-state index contributed by atoms with van der Waals surface area (Å²) in [7, 11) is -3.11. The van der Waals surface area contributed by atoms with E-state index in [4.69, 9.17) is 4.98 Å². The van der Waals surface area contributed by atoms with Gasteiger partial charge in [-0.2, -0.15) is 0 Å². The number of aromatic nitrogens is 3. The van der Waals surface area contributed by atoms with Crippen LogP contribution in [0, 0.1) is 0 Å². The largest absolute Gasteiger partial charge is 0.308 e. The van der Waals surface area contributed by atoms with Crippen LogP contribution in [-0.2, 0) is 14.6 Å². The van der Waals surface area contributed by atoms with Crippen LogP contribution in [0.25, 0.3) is 5.69 Å². The summed E-state index contributed by atoms with van der Waals surface area (Å²) in [6, 6.07) is 18.9. The molecule has 0 spiro atoms. The van der Waals surface area contributed by atoms with Crippen molar-refractivity contribution in [2.24, 2.45) is 0 Å². The summed E-state index contributed by atoms with van der Waals surface area (Å²) in [6.45, 7) is 0. The van der Waals surface area contributed by atoms with Crippen molar-refractivity contribution in [1.82, 2.24) is 14.8 Å². The maximum absolute atomic E-state index is 13.3. The first kappa shape index (κ1) is 21.2. The Morgan fingerprint density at radius 2 is 1.72 bits per heavy atom. The van der Waals surface area contributed by atoms with Crippen LogP contribution < -0.4 is 4.90 Å². The number of thioether (sulfide) groups is 1. The van der Waals surface area contributed by atoms with Crippen LogP contribution in [0.4, 0.5) is 5.69 Å². The van der Waals surface area contributed by atoms with E-state index >= 15 is 0 Å². The van der Waals surface area contributed by atoms with Gasteiger partial charge in [-0.25, -0.2) is 18.1 Å². The zero-order chi connectivity index (χ0) is 22.1. The van der Waals surface area contributed by atoms with Gasteiger partial charge < -0.3 is 4.90 Å². The van der Waals surface area contributed by atoms with Gasteiger partial charge in [0.05, 0.1) is 29.0 Å². The van der Waals surface area contributed by atoms with Crippen molar-refractivity contribution in [3.05, 3.63) is 66.5 Å². The third-order valence-corrected chi connectivity index (χ3v) is 8.33. The number of anilines is 1. The Kier molecular flexibility index (Phi) is 5.77. The molecule has 2 fully saturated rings. The fraction of sp³-hybridized carbons (Fsp3) is 0.348. The molecule has 1 atom stereocenters. The van der Waals surface area contributed by atoms with Crippen molar-refractivity contribution in [3.8, 4) is 5.69 Å². The SMILES string of the molecule is O=C(CSc1nc(C2CC2)n(-c2ccccc2)n1)N(c1ccccc1)[C@H]1CCS(=O)(=O)C1. The Morgan fingerprint density at radius 3 is 2.34 bits per heavy atom. The van der Waals surface area contributed by atoms with Gasteiger partial charge in [-0.3, -0.25) is 4.79 Å². The van der Waals surface area contributed by atoms with Crippen LogP contribution in [0.2, 0.25) is 0 Å². The molecular formula is C23H24N4O3S2. The Balaban J connectivity index is 1.36. The monoisotopic (exact) mass is 468 g/mol. The number of sulfone groups is 1. The Bertz CT molecular complexity index is 1210. The summed E-state index contributed by atoms with van der Waals surface area (Å²) in [5.74, 6) is 1.49. The number of hydrogen-bond donors (Lipinski definition) is 0. The number of amides is 1. The van der Waals surface area contributed by atoms with Gasteiger partial charge >= 0.3 is 0 Å². The van der Waals surface area contributed by atoms with Gasteiger partial charge in [-0.1, -0.05) is 48.2 Å². The Labute approximate surface area is 191 Å². The Hall–Kier alpha value is -2.65. The van der Waals surface area contributed by atoms with Gasteiger partial charge in [-0.05, 0) is 43.5 Å². The van der Waals surface area contributed by atoms with E-state index < -0.39 is 9.84 Å². The average Bonchev–Trinajstić information content (AvgIpc) is 3.46. The van der Waals surface area contributed by atoms with Crippen molar-refractivity contribution in [3.63, 3.8) is 0 Å². The third kappa shape index (κ3) is 4.59. The second-order valence-electron chi connectivity index (χ2n) is 8.22. The van der Waals surface area contributed by atoms with E-state index in [1.807, 2.05) is 65.3 Å². The maximum atomic E-state index is 13.3. The molecule has 2 aliphatic rings. The van der Waals surface area contributed by atoms with Crippen LogP contribution >= 0.6 is 11.8 Å². The molecule has 2 heterocycles. The minimum absolute atomic E-state index is 0.00497. The van der Waals surface area contributed by atoms with Gasteiger partial charge in [0.1, 0.15) is 5.82 Å². The lowest BCUT2D eigenvalue weighted by atomic mass is 10.2. The molecule has 7 nitrogen and oxygen atoms in total. The van der Waals surface area contributed by atoms with Crippen molar-refractivity contribution in [2.45, 2.75) is 36.4 Å². The molecule has 0 unspecified atom stereocenters. The molecule has 1 aliphatic heterocycles. The zero-order valence-electron chi connectivity index (χ0n) is 17.5. The quantitative estimate of drug-likeness (QED) is 0.494. The predicted molar refractivity (Wildman–Crippen MR) is 125 cm³/mol. The minimum Gasteiger partial charge on any atom is -0.308 e. The van der Waals surface area contributed by atoms with E-state index in [9.17, 15) is 13.2 Å². The van der Waals surface area contributed by atoms with Crippen molar-refractivity contribution in [2.75, 3.05) is 22.2 Å². The fourth-order valence-corrected chi connectivity index (χ4v) is 6.44. The predicted octanol–water partition coefficient (Wildman–Crippen LogP) is 3.46. The van der Waals surface area contributed by atoms with Crippen LogP contribution in [0.5, 0.6) is 0 Å². The molecule has 5 rings (SSSR count). The molecule has 1 amide bonds. The smallest absolute Gasteiger partial charge is 0.237 e. The van der Waals surface area contributed by atoms with Crippen LogP contribution in [-0.4, -0.2) is 52.4 Å². The number of rotatable bonds is 7. The second kappa shape index (κ2) is 8.71. The van der Waals surface area contributed by atoms with E-state index in [1.165, 1.54) is 11.8 Å². The molecule has 1 aromatic heterocycles. The molecule has 0 N–H and O–H groups in total. The molecule has 32 heavy (non-hydrogen) atoms. The number of para-hydroxylation sites is 2. The van der Waals surface area contributed by atoms with Gasteiger partial charge in [-0.15, -0.1) is 5.10 Å². The van der Waals surface area contributed by atoms with E-state index in [0.29, 0.717) is 17.5 Å². The van der Waals surface area contributed by atoms with Crippen molar-refractivity contribution >= 4 is 33.2 Å². The number of nitrogens with zero attached hydrogens (tertiary/aromatic N) is 4. The van der Waals surface area contributed by atoms with Gasteiger partial charge in [0, 0.05) is 11.6 Å². The fourth-order valence-electron chi connectivity index (χ4n) is 4.05. The van der Waals surface area contributed by atoms with Gasteiger partial charge in [0.15, 0.2) is 9.84 Å². The number of hydrogen-bond acceptors (Lipinski definition) is 6. The lowest BCUT2D eigenvalue weighted by Gasteiger charge is -2.28. The normalized spacial score (nSPS) is 19.7. The molecule has 2 aromatic carbocycles. The highest BCUT2D eigenvalue weighted by Gasteiger charge is 2.36. The first-order valence-corrected chi connectivity index (χ1v) is 13.5. The summed E-state index contributed by atoms with van der Waals surface area (Å²) in [5, 5.41) is 5.23. The summed E-state index contributed by atoms with van der Waals surface area (Å²) >= 11 is 1.30. The van der Waals surface area contributed by atoms with E-state index in [-0.39, 0.29) is 29.2 Å². The minimum atomic E-state index is -3.11. The summed E-state index contributed by atoms with van der Waals surface area (Å²) in [5.41, 5.74) is 1.68. The highest BCUT2D eigenvalue weighted by molar-refractivity contribution is 7.99. The molecule has 1 aliphatic carbocycles. The summed E-state index contributed by atoms with van der Waals surface area (Å²) in [6.07, 6.45) is 2.67. The zero-order valence-corrected chi connectivity index (χ0v) is 19.1. The van der Waals surface area contributed by atoms with E-state index in [2.05, 4.69) is 5.10 Å². The van der Waals surface area contributed by atoms with E-state index in [1.54, 1.807) is 4.90 Å². The first-order chi connectivity index (χ1) is 15.5. The topological polar surface area (TPSA) is 85.2 Å². The molecule has 1 saturated carbocycles. The van der Waals surface area contributed by atoms with Crippen molar-refractivity contribution in [1.29, 1.82) is 0 Å². The van der Waals surface area contributed by atoms with Crippen LogP contribution in [0.1, 0.15) is 31.0 Å². The average molecular weight is 469 g/mol. The summed E-state index contributed by atoms with van der Waals surface area (Å²) < 4.78 is 26.0. The van der Waals surface area contributed by atoms with Crippen molar-refractivity contribution < 1.29 is 13.2 Å². The molecule has 9 heteroatoms. The van der Waals surface area contributed by atoms with Crippen LogP contribution in [0.15, 0.2) is 65.8 Å².